The van der Waals surface area contributed by atoms with Gasteiger partial charge in [-0.15, -0.1) is 0 Å². The number of carbonyl (C=O) groups is 1. The lowest BCUT2D eigenvalue weighted by atomic mass is 10.2. The van der Waals surface area contributed by atoms with E-state index in [9.17, 15) is 13.2 Å². The molecule has 2 aromatic rings. The second-order valence-electron chi connectivity index (χ2n) is 5.38. The number of amides is 1. The second-order valence-corrected chi connectivity index (χ2v) is 8.80. The molecule has 0 spiro atoms. The molecule has 0 saturated carbocycles. The number of hydrogen-bond acceptors (Lipinski definition) is 3. The molecule has 0 unspecified atom stereocenters. The molecule has 1 saturated heterocycles. The van der Waals surface area contributed by atoms with Gasteiger partial charge in [-0.25, -0.2) is 8.42 Å². The van der Waals surface area contributed by atoms with Crippen molar-refractivity contribution in [1.29, 1.82) is 0 Å². The van der Waals surface area contributed by atoms with Crippen LogP contribution in [0.4, 0.5) is 11.4 Å². The van der Waals surface area contributed by atoms with Crippen molar-refractivity contribution in [3.63, 3.8) is 0 Å². The number of sulfonamides is 1. The van der Waals surface area contributed by atoms with Crippen molar-refractivity contribution in [3.05, 3.63) is 51.4 Å². The molecule has 0 bridgehead atoms. The Morgan fingerprint density at radius 2 is 1.75 bits per heavy atom. The van der Waals surface area contributed by atoms with Crippen molar-refractivity contribution >= 4 is 59.2 Å². The van der Waals surface area contributed by atoms with Crippen LogP contribution in [0.5, 0.6) is 0 Å². The van der Waals surface area contributed by atoms with E-state index in [1.54, 1.807) is 41.3 Å². The molecule has 1 amide bonds. The maximum Gasteiger partial charge on any atom is 0.263 e. The Kier molecular flexibility index (Phi) is 4.98. The first-order valence-corrected chi connectivity index (χ1v) is 10.3. The standard InChI is InChI=1S/C16H14Br2N2O3S/c17-11-3-8-14(18)15(10-11)24(22,23)19-12-4-6-13(7-5-12)20-9-1-2-16(20)21/h3-8,10,19H,1-2,9H2. The summed E-state index contributed by atoms with van der Waals surface area (Å²) >= 11 is 6.53. The van der Waals surface area contributed by atoms with Gasteiger partial charge < -0.3 is 4.90 Å². The molecule has 0 radical (unpaired) electrons. The van der Waals surface area contributed by atoms with Gasteiger partial charge in [0, 0.05) is 33.3 Å². The Bertz CT molecular complexity index is 883. The minimum absolute atomic E-state index is 0.0985. The Hall–Kier alpha value is -1.38. The van der Waals surface area contributed by atoms with Crippen molar-refractivity contribution in [2.45, 2.75) is 17.7 Å². The van der Waals surface area contributed by atoms with Crippen LogP contribution in [0.3, 0.4) is 0 Å². The van der Waals surface area contributed by atoms with E-state index in [2.05, 4.69) is 36.6 Å². The first-order chi connectivity index (χ1) is 11.4. The summed E-state index contributed by atoms with van der Waals surface area (Å²) in [6.45, 7) is 0.703. The van der Waals surface area contributed by atoms with E-state index in [4.69, 9.17) is 0 Å². The maximum atomic E-state index is 12.5. The molecule has 3 rings (SSSR count). The minimum atomic E-state index is -3.72. The molecule has 1 heterocycles. The van der Waals surface area contributed by atoms with Crippen LogP contribution in [-0.4, -0.2) is 20.9 Å². The largest absolute Gasteiger partial charge is 0.312 e. The molecular formula is C16H14Br2N2O3S. The highest BCUT2D eigenvalue weighted by Gasteiger charge is 2.22. The van der Waals surface area contributed by atoms with Gasteiger partial charge in [-0.3, -0.25) is 9.52 Å². The van der Waals surface area contributed by atoms with Crippen LogP contribution in [0.15, 0.2) is 56.3 Å². The highest BCUT2D eigenvalue weighted by molar-refractivity contribution is 9.11. The third-order valence-corrected chi connectivity index (χ3v) is 6.56. The fourth-order valence-electron chi connectivity index (χ4n) is 2.52. The number of anilines is 2. The average Bonchev–Trinajstić information content (AvgIpc) is 2.96. The molecule has 1 aliphatic heterocycles. The van der Waals surface area contributed by atoms with Crippen LogP contribution in [-0.2, 0) is 14.8 Å². The first kappa shape index (κ1) is 17.4. The number of carbonyl (C=O) groups excluding carboxylic acids is 1. The van der Waals surface area contributed by atoms with Crippen molar-refractivity contribution in [3.8, 4) is 0 Å². The van der Waals surface area contributed by atoms with Crippen LogP contribution < -0.4 is 9.62 Å². The molecule has 1 aliphatic rings. The van der Waals surface area contributed by atoms with Crippen molar-refractivity contribution < 1.29 is 13.2 Å². The number of nitrogens with one attached hydrogen (secondary N) is 1. The zero-order valence-corrected chi connectivity index (χ0v) is 16.5. The Balaban J connectivity index is 1.83. The highest BCUT2D eigenvalue weighted by Crippen LogP contribution is 2.28. The van der Waals surface area contributed by atoms with Crippen LogP contribution in [0.1, 0.15) is 12.8 Å². The van der Waals surface area contributed by atoms with Gasteiger partial charge >= 0.3 is 0 Å². The van der Waals surface area contributed by atoms with Gasteiger partial charge in [0.05, 0.1) is 0 Å². The van der Waals surface area contributed by atoms with Gasteiger partial charge in [-0.2, -0.15) is 0 Å². The quantitative estimate of drug-likeness (QED) is 0.725. The number of nitrogens with zero attached hydrogens (tertiary/aromatic N) is 1. The zero-order valence-electron chi connectivity index (χ0n) is 12.5. The fourth-order valence-corrected chi connectivity index (χ4v) is 5.09. The SMILES string of the molecule is O=C1CCCN1c1ccc(NS(=O)(=O)c2cc(Br)ccc2Br)cc1. The summed E-state index contributed by atoms with van der Waals surface area (Å²) in [6.07, 6.45) is 1.41. The van der Waals surface area contributed by atoms with Gasteiger partial charge in [0.15, 0.2) is 0 Å². The summed E-state index contributed by atoms with van der Waals surface area (Å²) < 4.78 is 28.8. The van der Waals surface area contributed by atoms with Crippen LogP contribution >= 0.6 is 31.9 Å². The molecule has 2 aromatic carbocycles. The number of halogens is 2. The zero-order chi connectivity index (χ0) is 17.3. The van der Waals surface area contributed by atoms with E-state index in [-0.39, 0.29) is 10.8 Å². The maximum absolute atomic E-state index is 12.5. The van der Waals surface area contributed by atoms with Crippen LogP contribution in [0.25, 0.3) is 0 Å². The smallest absolute Gasteiger partial charge is 0.263 e. The number of benzene rings is 2. The molecule has 126 valence electrons. The number of hydrogen-bond donors (Lipinski definition) is 1. The average molecular weight is 474 g/mol. The summed E-state index contributed by atoms with van der Waals surface area (Å²) in [5.74, 6) is 0.0985. The Morgan fingerprint density at radius 3 is 2.38 bits per heavy atom. The summed E-state index contributed by atoms with van der Waals surface area (Å²) in [4.78, 5) is 13.6. The lowest BCUT2D eigenvalue weighted by molar-refractivity contribution is -0.117. The third kappa shape index (κ3) is 3.65. The van der Waals surface area contributed by atoms with Gasteiger partial charge in [-0.05, 0) is 64.8 Å². The second kappa shape index (κ2) is 6.85. The van der Waals surface area contributed by atoms with E-state index in [0.29, 0.717) is 27.6 Å². The van der Waals surface area contributed by atoms with Gasteiger partial charge in [0.1, 0.15) is 4.90 Å². The van der Waals surface area contributed by atoms with E-state index in [1.165, 1.54) is 6.07 Å². The molecule has 24 heavy (non-hydrogen) atoms. The van der Waals surface area contributed by atoms with Gasteiger partial charge in [0.25, 0.3) is 10.0 Å². The monoisotopic (exact) mass is 472 g/mol. The van der Waals surface area contributed by atoms with Gasteiger partial charge in [0.2, 0.25) is 5.91 Å². The van der Waals surface area contributed by atoms with Crippen LogP contribution in [0.2, 0.25) is 0 Å². The molecular weight excluding hydrogens is 460 g/mol. The molecule has 0 aliphatic carbocycles. The molecule has 8 heteroatoms. The lowest BCUT2D eigenvalue weighted by Crippen LogP contribution is -2.23. The van der Waals surface area contributed by atoms with Crippen molar-refractivity contribution in [2.24, 2.45) is 0 Å². The molecule has 5 nitrogen and oxygen atoms in total. The predicted molar refractivity (Wildman–Crippen MR) is 101 cm³/mol. The molecule has 1 N–H and O–H groups in total. The summed E-state index contributed by atoms with van der Waals surface area (Å²) in [5.41, 5.74) is 1.22. The van der Waals surface area contributed by atoms with Crippen molar-refractivity contribution in [2.75, 3.05) is 16.2 Å². The number of rotatable bonds is 4. The lowest BCUT2D eigenvalue weighted by Gasteiger charge is -2.16. The topological polar surface area (TPSA) is 66.5 Å². The van der Waals surface area contributed by atoms with Gasteiger partial charge in [-0.1, -0.05) is 15.9 Å². The van der Waals surface area contributed by atoms with E-state index in [0.717, 1.165) is 12.1 Å². The molecule has 0 atom stereocenters. The summed E-state index contributed by atoms with van der Waals surface area (Å²) in [7, 11) is -3.72. The molecule has 0 aromatic heterocycles. The predicted octanol–water partition coefficient (Wildman–Crippen LogP) is 4.14. The highest BCUT2D eigenvalue weighted by atomic mass is 79.9. The minimum Gasteiger partial charge on any atom is -0.312 e. The fraction of sp³-hybridized carbons (Fsp3) is 0.188. The van der Waals surface area contributed by atoms with E-state index < -0.39 is 10.0 Å². The van der Waals surface area contributed by atoms with E-state index >= 15 is 0 Å². The normalized spacial score (nSPS) is 14.9. The molecule has 1 fully saturated rings. The summed E-state index contributed by atoms with van der Waals surface area (Å²) in [6, 6.07) is 11.8. The van der Waals surface area contributed by atoms with E-state index in [1.807, 2.05) is 0 Å². The first-order valence-electron chi connectivity index (χ1n) is 7.25. The third-order valence-electron chi connectivity index (χ3n) is 3.69. The Morgan fingerprint density at radius 1 is 1.04 bits per heavy atom. The summed E-state index contributed by atoms with van der Waals surface area (Å²) in [5, 5.41) is 0. The Labute approximate surface area is 157 Å². The van der Waals surface area contributed by atoms with Crippen LogP contribution in [0, 0.1) is 0 Å². The van der Waals surface area contributed by atoms with Crippen molar-refractivity contribution in [1.82, 2.24) is 0 Å².